The van der Waals surface area contributed by atoms with E-state index in [1.54, 1.807) is 11.8 Å². The first-order valence-electron chi connectivity index (χ1n) is 6.14. The van der Waals surface area contributed by atoms with Gasteiger partial charge in [0.2, 0.25) is 5.91 Å². The summed E-state index contributed by atoms with van der Waals surface area (Å²) < 4.78 is 5.24. The zero-order valence-electron chi connectivity index (χ0n) is 10.5. The molecule has 1 atom stereocenters. The van der Waals surface area contributed by atoms with Crippen LogP contribution in [0.5, 0.6) is 0 Å². The molecular weight excluding hydrogens is 222 g/mol. The molecule has 1 saturated heterocycles. The van der Waals surface area contributed by atoms with Crippen LogP contribution in [0.3, 0.4) is 0 Å². The molecule has 0 bridgehead atoms. The normalized spacial score (nSPS) is 17.6. The molecule has 0 aromatic rings. The van der Waals surface area contributed by atoms with Crippen molar-refractivity contribution in [2.45, 2.75) is 26.7 Å². The van der Waals surface area contributed by atoms with E-state index < -0.39 is 5.97 Å². The van der Waals surface area contributed by atoms with E-state index in [-0.39, 0.29) is 17.7 Å². The smallest absolute Gasteiger partial charge is 0.306 e. The minimum Gasteiger partial charge on any atom is -0.481 e. The van der Waals surface area contributed by atoms with Gasteiger partial charge in [-0.15, -0.1) is 0 Å². The van der Waals surface area contributed by atoms with Gasteiger partial charge in [0.15, 0.2) is 0 Å². The lowest BCUT2D eigenvalue weighted by molar-refractivity contribution is -0.150. The fourth-order valence-corrected chi connectivity index (χ4v) is 1.80. The van der Waals surface area contributed by atoms with Crippen molar-refractivity contribution >= 4 is 11.9 Å². The number of hydrogen-bond donors (Lipinski definition) is 1. The van der Waals surface area contributed by atoms with Crippen molar-refractivity contribution in [2.24, 2.45) is 11.8 Å². The van der Waals surface area contributed by atoms with Gasteiger partial charge in [-0.05, 0) is 6.42 Å². The number of carboxylic acid groups (broad SMARTS) is 1. The van der Waals surface area contributed by atoms with Gasteiger partial charge < -0.3 is 14.7 Å². The van der Waals surface area contributed by atoms with Gasteiger partial charge >= 0.3 is 5.97 Å². The summed E-state index contributed by atoms with van der Waals surface area (Å²) in [5.41, 5.74) is 0. The average molecular weight is 243 g/mol. The van der Waals surface area contributed by atoms with Gasteiger partial charge in [0.05, 0.1) is 18.9 Å². The molecule has 98 valence electrons. The van der Waals surface area contributed by atoms with E-state index in [1.165, 1.54) is 0 Å². The van der Waals surface area contributed by atoms with E-state index in [9.17, 15) is 9.59 Å². The molecule has 0 aliphatic carbocycles. The molecule has 5 heteroatoms. The number of carboxylic acids is 1. The summed E-state index contributed by atoms with van der Waals surface area (Å²) >= 11 is 0. The molecule has 1 N–H and O–H groups in total. The quantitative estimate of drug-likeness (QED) is 0.677. The first-order chi connectivity index (χ1) is 8.06. The summed E-state index contributed by atoms with van der Waals surface area (Å²) in [7, 11) is 0. The minimum absolute atomic E-state index is 0.0648. The van der Waals surface area contributed by atoms with Crippen molar-refractivity contribution in [1.82, 2.24) is 4.90 Å². The number of carbonyl (C=O) groups is 2. The number of rotatable bonds is 7. The monoisotopic (exact) mass is 243 g/mol. The van der Waals surface area contributed by atoms with Gasteiger partial charge in [0, 0.05) is 25.6 Å². The van der Waals surface area contributed by atoms with Gasteiger partial charge in [0.1, 0.15) is 0 Å². The molecule has 1 aliphatic rings. The molecular formula is C12H21NO4. The van der Waals surface area contributed by atoms with Gasteiger partial charge in [-0.2, -0.15) is 0 Å². The van der Waals surface area contributed by atoms with Crippen molar-refractivity contribution < 1.29 is 19.4 Å². The van der Waals surface area contributed by atoms with Gasteiger partial charge in [-0.25, -0.2) is 0 Å². The molecule has 1 rings (SSSR count). The zero-order chi connectivity index (χ0) is 12.8. The SMILES string of the molecule is CCCOCCC(=O)N1CC(C(C)C(=O)O)C1. The molecule has 5 nitrogen and oxygen atoms in total. The second-order valence-corrected chi connectivity index (χ2v) is 4.55. The highest BCUT2D eigenvalue weighted by molar-refractivity contribution is 5.78. The Morgan fingerprint density at radius 3 is 2.59 bits per heavy atom. The molecule has 0 aromatic heterocycles. The van der Waals surface area contributed by atoms with Crippen LogP contribution in [0, 0.1) is 11.8 Å². The standard InChI is InChI=1S/C12H21NO4/c1-3-5-17-6-4-11(14)13-7-10(8-13)9(2)12(15)16/h9-10H,3-8H2,1-2H3,(H,15,16). The van der Waals surface area contributed by atoms with Gasteiger partial charge in [-0.1, -0.05) is 13.8 Å². The minimum atomic E-state index is -0.784. The molecule has 1 unspecified atom stereocenters. The van der Waals surface area contributed by atoms with E-state index in [2.05, 4.69) is 0 Å². The number of likely N-dealkylation sites (tertiary alicyclic amines) is 1. The number of amides is 1. The maximum Gasteiger partial charge on any atom is 0.306 e. The Labute approximate surface area is 102 Å². The van der Waals surface area contributed by atoms with Gasteiger partial charge in [0.25, 0.3) is 0 Å². The Morgan fingerprint density at radius 1 is 1.41 bits per heavy atom. The van der Waals surface area contributed by atoms with Crippen LogP contribution < -0.4 is 0 Å². The van der Waals surface area contributed by atoms with Crippen molar-refractivity contribution in [3.05, 3.63) is 0 Å². The van der Waals surface area contributed by atoms with E-state index in [0.717, 1.165) is 6.42 Å². The first-order valence-corrected chi connectivity index (χ1v) is 6.14. The summed E-state index contributed by atoms with van der Waals surface area (Å²) in [4.78, 5) is 24.1. The maximum absolute atomic E-state index is 11.6. The van der Waals surface area contributed by atoms with Crippen LogP contribution in [0.1, 0.15) is 26.7 Å². The molecule has 1 fully saturated rings. The Balaban J connectivity index is 2.14. The largest absolute Gasteiger partial charge is 0.481 e. The van der Waals surface area contributed by atoms with Crippen LogP contribution in [0.15, 0.2) is 0 Å². The van der Waals surface area contributed by atoms with E-state index in [4.69, 9.17) is 9.84 Å². The van der Waals surface area contributed by atoms with Crippen molar-refractivity contribution in [2.75, 3.05) is 26.3 Å². The second kappa shape index (κ2) is 6.59. The van der Waals surface area contributed by atoms with E-state index in [1.807, 2.05) is 6.92 Å². The molecule has 1 aliphatic heterocycles. The fraction of sp³-hybridized carbons (Fsp3) is 0.833. The molecule has 17 heavy (non-hydrogen) atoms. The summed E-state index contributed by atoms with van der Waals surface area (Å²) in [6.45, 7) is 6.00. The highest BCUT2D eigenvalue weighted by atomic mass is 16.5. The van der Waals surface area contributed by atoms with E-state index in [0.29, 0.717) is 32.7 Å². The lowest BCUT2D eigenvalue weighted by Gasteiger charge is -2.41. The number of nitrogens with zero attached hydrogens (tertiary/aromatic N) is 1. The molecule has 0 radical (unpaired) electrons. The Hall–Kier alpha value is -1.10. The third kappa shape index (κ3) is 4.00. The maximum atomic E-state index is 11.6. The van der Waals surface area contributed by atoms with Crippen molar-refractivity contribution in [3.63, 3.8) is 0 Å². The summed E-state index contributed by atoms with van der Waals surface area (Å²) in [5, 5.41) is 8.82. The molecule has 0 aromatic carbocycles. The Morgan fingerprint density at radius 2 is 2.06 bits per heavy atom. The number of hydrogen-bond acceptors (Lipinski definition) is 3. The second-order valence-electron chi connectivity index (χ2n) is 4.55. The van der Waals surface area contributed by atoms with Crippen LogP contribution in [0.4, 0.5) is 0 Å². The number of carbonyl (C=O) groups excluding carboxylic acids is 1. The number of ether oxygens (including phenoxy) is 1. The average Bonchev–Trinajstić information content (AvgIpc) is 2.22. The van der Waals surface area contributed by atoms with Crippen LogP contribution in [-0.4, -0.2) is 48.2 Å². The lowest BCUT2D eigenvalue weighted by atomic mass is 9.87. The molecule has 1 heterocycles. The topological polar surface area (TPSA) is 66.8 Å². The molecule has 0 saturated carbocycles. The number of aliphatic carboxylic acids is 1. The summed E-state index contributed by atoms with van der Waals surface area (Å²) in [5.74, 6) is -0.980. The third-order valence-corrected chi connectivity index (χ3v) is 3.17. The molecule has 1 amide bonds. The van der Waals surface area contributed by atoms with Crippen molar-refractivity contribution in [3.8, 4) is 0 Å². The Kier molecular flexibility index (Phi) is 5.41. The summed E-state index contributed by atoms with van der Waals surface area (Å²) in [6, 6.07) is 0. The first kappa shape index (κ1) is 14.0. The van der Waals surface area contributed by atoms with Crippen molar-refractivity contribution in [1.29, 1.82) is 0 Å². The van der Waals surface area contributed by atoms with E-state index >= 15 is 0 Å². The summed E-state index contributed by atoms with van der Waals surface area (Å²) in [6.07, 6.45) is 1.35. The highest BCUT2D eigenvalue weighted by Gasteiger charge is 2.36. The van der Waals surface area contributed by atoms with Crippen LogP contribution in [0.2, 0.25) is 0 Å². The Bertz CT molecular complexity index is 274. The predicted molar refractivity (Wildman–Crippen MR) is 62.6 cm³/mol. The van der Waals surface area contributed by atoms with Crippen LogP contribution in [-0.2, 0) is 14.3 Å². The predicted octanol–water partition coefficient (Wildman–Crippen LogP) is 0.982. The third-order valence-electron chi connectivity index (χ3n) is 3.17. The fourth-order valence-electron chi connectivity index (χ4n) is 1.80. The van der Waals surface area contributed by atoms with Crippen LogP contribution in [0.25, 0.3) is 0 Å². The van der Waals surface area contributed by atoms with Gasteiger partial charge in [-0.3, -0.25) is 9.59 Å². The highest BCUT2D eigenvalue weighted by Crippen LogP contribution is 2.24. The van der Waals surface area contributed by atoms with Crippen LogP contribution >= 0.6 is 0 Å². The zero-order valence-corrected chi connectivity index (χ0v) is 10.5. The lowest BCUT2D eigenvalue weighted by Crippen LogP contribution is -2.53. The molecule has 0 spiro atoms.